The molecule has 0 aliphatic carbocycles. The van der Waals surface area contributed by atoms with Gasteiger partial charge in [0.05, 0.1) is 10.4 Å². The summed E-state index contributed by atoms with van der Waals surface area (Å²) in [5.74, 6) is 0. The summed E-state index contributed by atoms with van der Waals surface area (Å²) in [6, 6.07) is 65.4. The second-order valence-corrected chi connectivity index (χ2v) is 16.5. The quantitative estimate of drug-likeness (QED) is 0.158. The summed E-state index contributed by atoms with van der Waals surface area (Å²) in [6.45, 7) is 6.36. The molecule has 0 saturated heterocycles. The Kier molecular flexibility index (Phi) is 7.54. The third kappa shape index (κ3) is 4.91. The predicted octanol–water partition coefficient (Wildman–Crippen LogP) is 17.3. The van der Waals surface area contributed by atoms with Crippen LogP contribution in [0.3, 0.4) is 0 Å². The molecule has 12 aromatic rings. The van der Waals surface area contributed by atoms with E-state index in [0.29, 0.717) is 0 Å². The van der Waals surface area contributed by atoms with E-state index in [9.17, 15) is 0 Å². The molecule has 12 rings (SSSR count). The third-order valence-electron chi connectivity index (χ3n) is 12.5. The van der Waals surface area contributed by atoms with Gasteiger partial charge in [-0.25, -0.2) is 0 Å². The van der Waals surface area contributed by atoms with Crippen LogP contribution in [0.2, 0.25) is 0 Å². The molecule has 11 aromatic carbocycles. The average Bonchev–Trinajstić information content (AvgIpc) is 3.70. The van der Waals surface area contributed by atoms with Crippen LogP contribution in [0.1, 0.15) is 18.1 Å². The van der Waals surface area contributed by atoms with E-state index in [0.717, 1.165) is 11.4 Å². The van der Waals surface area contributed by atoms with Crippen LogP contribution in [0.15, 0.2) is 189 Å². The molecule has 1 nitrogen and oxygen atoms in total. The van der Waals surface area contributed by atoms with Gasteiger partial charge < -0.3 is 4.90 Å². The van der Waals surface area contributed by atoms with Crippen molar-refractivity contribution in [3.8, 4) is 0 Å². The zero-order valence-corrected chi connectivity index (χ0v) is 33.4. The Bertz CT molecular complexity index is 3740. The highest BCUT2D eigenvalue weighted by molar-refractivity contribution is 7.27. The first kappa shape index (κ1) is 33.8. The van der Waals surface area contributed by atoms with Crippen LogP contribution in [0.5, 0.6) is 0 Å². The fourth-order valence-electron chi connectivity index (χ4n) is 9.99. The Morgan fingerprint density at radius 2 is 0.814 bits per heavy atom. The highest BCUT2D eigenvalue weighted by Gasteiger charge is 2.23. The number of nitrogens with zero attached hydrogens (tertiary/aromatic N) is 1. The summed E-state index contributed by atoms with van der Waals surface area (Å²) in [7, 11) is 0. The number of anilines is 3. The number of thiophene rings is 1. The predicted molar refractivity (Wildman–Crippen MR) is 261 cm³/mol. The van der Waals surface area contributed by atoms with E-state index in [1.807, 2.05) is 17.4 Å². The van der Waals surface area contributed by atoms with E-state index in [1.165, 1.54) is 112 Å². The summed E-state index contributed by atoms with van der Waals surface area (Å²) in [5.41, 5.74) is 5.77. The number of fused-ring (bicyclic) bond motifs is 17. The first-order chi connectivity index (χ1) is 29.2. The molecular weight excluding hydrogens is 731 g/mol. The van der Waals surface area contributed by atoms with Crippen LogP contribution < -0.4 is 4.90 Å². The number of allylic oxidation sites excluding steroid dienone is 1. The van der Waals surface area contributed by atoms with E-state index in [4.69, 9.17) is 0 Å². The molecule has 0 fully saturated rings. The second-order valence-electron chi connectivity index (χ2n) is 15.5. The van der Waals surface area contributed by atoms with E-state index >= 15 is 0 Å². The van der Waals surface area contributed by atoms with Gasteiger partial charge in [0.2, 0.25) is 0 Å². The Morgan fingerprint density at radius 1 is 0.390 bits per heavy atom. The van der Waals surface area contributed by atoms with Crippen molar-refractivity contribution in [3.63, 3.8) is 0 Å². The molecule has 0 amide bonds. The van der Waals surface area contributed by atoms with Gasteiger partial charge in [0.1, 0.15) is 0 Å². The fourth-order valence-corrected chi connectivity index (χ4v) is 11.3. The average molecular weight is 768 g/mol. The third-order valence-corrected chi connectivity index (χ3v) is 13.7. The molecule has 276 valence electrons. The molecule has 2 heteroatoms. The highest BCUT2D eigenvalue weighted by atomic mass is 32.1. The lowest BCUT2D eigenvalue weighted by Crippen LogP contribution is -2.10. The minimum absolute atomic E-state index is 1.12. The van der Waals surface area contributed by atoms with Gasteiger partial charge in [-0.3, -0.25) is 0 Å². The second kappa shape index (κ2) is 13.1. The highest BCUT2D eigenvalue weighted by Crippen LogP contribution is 2.50. The molecule has 0 saturated carbocycles. The van der Waals surface area contributed by atoms with Crippen molar-refractivity contribution in [2.45, 2.75) is 6.92 Å². The van der Waals surface area contributed by atoms with E-state index in [1.54, 1.807) is 0 Å². The number of rotatable bonds is 5. The van der Waals surface area contributed by atoms with Crippen LogP contribution in [-0.4, -0.2) is 0 Å². The monoisotopic (exact) mass is 767 g/mol. The van der Waals surface area contributed by atoms with Gasteiger partial charge >= 0.3 is 0 Å². The van der Waals surface area contributed by atoms with Crippen LogP contribution in [0.4, 0.5) is 17.1 Å². The van der Waals surface area contributed by atoms with Crippen LogP contribution >= 0.6 is 11.3 Å². The molecule has 0 N–H and O–H groups in total. The lowest BCUT2D eigenvalue weighted by molar-refractivity contribution is 1.32. The molecule has 0 spiro atoms. The minimum Gasteiger partial charge on any atom is -0.309 e. The molecule has 0 unspecified atom stereocenters. The van der Waals surface area contributed by atoms with Crippen molar-refractivity contribution < 1.29 is 0 Å². The maximum Gasteiger partial charge on any atom is 0.0640 e. The molecule has 0 radical (unpaired) electrons. The topological polar surface area (TPSA) is 3.24 Å². The molecular formula is C57H37NS. The van der Waals surface area contributed by atoms with Crippen molar-refractivity contribution in [2.75, 3.05) is 4.90 Å². The van der Waals surface area contributed by atoms with E-state index in [-0.39, 0.29) is 0 Å². The van der Waals surface area contributed by atoms with Crippen LogP contribution in [-0.2, 0) is 0 Å². The Balaban J connectivity index is 1.21. The van der Waals surface area contributed by atoms with Crippen LogP contribution in [0.25, 0.3) is 108 Å². The molecule has 59 heavy (non-hydrogen) atoms. The normalized spacial score (nSPS) is 12.2. The Labute approximate surface area is 346 Å². The van der Waals surface area contributed by atoms with E-state index < -0.39 is 0 Å². The van der Waals surface area contributed by atoms with Crippen molar-refractivity contribution in [1.29, 1.82) is 0 Å². The summed E-state index contributed by atoms with van der Waals surface area (Å²) >= 11 is 1.92. The Hall–Kier alpha value is -7.26. The van der Waals surface area contributed by atoms with E-state index in [2.05, 4.69) is 206 Å². The van der Waals surface area contributed by atoms with Crippen LogP contribution in [0, 0.1) is 0 Å². The first-order valence-corrected chi connectivity index (χ1v) is 21.1. The smallest absolute Gasteiger partial charge is 0.0640 e. The summed E-state index contributed by atoms with van der Waals surface area (Å²) in [4.78, 5) is 2.51. The summed E-state index contributed by atoms with van der Waals surface area (Å²) in [6.07, 6.45) is 6.37. The number of hydrogen-bond acceptors (Lipinski definition) is 2. The SMILES string of the molecule is C=Cc1c(/C=C\C)c2ccc(N(c3ccc4c5ccccc5c5ccccc5c4c3)c3cccc4c3sc3c5ccccc5c5ccccc5c43)cc2c2ccccc12. The van der Waals surface area contributed by atoms with Crippen molar-refractivity contribution in [3.05, 3.63) is 200 Å². The van der Waals surface area contributed by atoms with Gasteiger partial charge in [-0.1, -0.05) is 170 Å². The van der Waals surface area contributed by atoms with Gasteiger partial charge in [-0.05, 0) is 118 Å². The van der Waals surface area contributed by atoms with Crippen molar-refractivity contribution in [2.24, 2.45) is 0 Å². The Morgan fingerprint density at radius 3 is 1.41 bits per heavy atom. The van der Waals surface area contributed by atoms with Gasteiger partial charge in [-0.15, -0.1) is 11.3 Å². The largest absolute Gasteiger partial charge is 0.309 e. The van der Waals surface area contributed by atoms with Crippen molar-refractivity contribution >= 4 is 136 Å². The standard InChI is InChI=1S/C57H37NS/c1-3-16-38-37(4-2)39-17-5-9-23-45(39)52-33-35(29-31-47(38)52)58(36-30-32-48-42-20-7-6-18-40(42)41-19-8-10-24-46(41)53(48)34-36)54-28-15-27-51-55-49-25-13-11-21-43(49)44-22-12-14-26-50(44)57(55)59-56(51)54/h3-34H,2H2,1H3/b16-3-. The summed E-state index contributed by atoms with van der Waals surface area (Å²) in [5, 5.41) is 20.3. The molecule has 1 aromatic heterocycles. The first-order valence-electron chi connectivity index (χ1n) is 20.3. The maximum absolute atomic E-state index is 4.26. The van der Waals surface area contributed by atoms with Gasteiger partial charge in [0, 0.05) is 32.2 Å². The number of benzene rings is 11. The van der Waals surface area contributed by atoms with Gasteiger partial charge in [-0.2, -0.15) is 0 Å². The summed E-state index contributed by atoms with van der Waals surface area (Å²) < 4.78 is 2.60. The van der Waals surface area contributed by atoms with Crippen molar-refractivity contribution in [1.82, 2.24) is 0 Å². The zero-order valence-electron chi connectivity index (χ0n) is 32.5. The lowest BCUT2D eigenvalue weighted by atomic mass is 9.90. The molecule has 0 atom stereocenters. The molecule has 0 aliphatic rings. The molecule has 0 aliphatic heterocycles. The number of hydrogen-bond donors (Lipinski definition) is 0. The zero-order chi connectivity index (χ0) is 39.2. The lowest BCUT2D eigenvalue weighted by Gasteiger charge is -2.27. The maximum atomic E-state index is 4.26. The fraction of sp³-hybridized carbons (Fsp3) is 0.0175. The molecule has 0 bridgehead atoms. The molecule has 1 heterocycles. The van der Waals surface area contributed by atoms with Gasteiger partial charge in [0.15, 0.2) is 0 Å². The van der Waals surface area contributed by atoms with Gasteiger partial charge in [0.25, 0.3) is 0 Å². The minimum atomic E-state index is 1.12.